The van der Waals surface area contributed by atoms with Gasteiger partial charge in [0.05, 0.1) is 18.9 Å². The Kier molecular flexibility index (Phi) is 6.52. The lowest BCUT2D eigenvalue weighted by molar-refractivity contribution is 0.230. The molecule has 0 aliphatic rings. The van der Waals surface area contributed by atoms with Crippen LogP contribution in [0.1, 0.15) is 19.4 Å². The molecule has 0 spiro atoms. The summed E-state index contributed by atoms with van der Waals surface area (Å²) in [5.74, 6) is -0.0643. The first-order chi connectivity index (χ1) is 11.9. The summed E-state index contributed by atoms with van der Waals surface area (Å²) in [6, 6.07) is 8.79. The summed E-state index contributed by atoms with van der Waals surface area (Å²) in [5.41, 5.74) is 1.02. The molecule has 0 atom stereocenters. The van der Waals surface area contributed by atoms with Gasteiger partial charge >= 0.3 is 0 Å². The summed E-state index contributed by atoms with van der Waals surface area (Å²) in [6.07, 6.45) is 0.0419. The van der Waals surface area contributed by atoms with Crippen molar-refractivity contribution in [1.82, 2.24) is 5.32 Å². The van der Waals surface area contributed by atoms with E-state index in [0.717, 1.165) is 17.7 Å². The van der Waals surface area contributed by atoms with Gasteiger partial charge in [-0.25, -0.2) is 8.78 Å². The highest BCUT2D eigenvalue weighted by atomic mass is 32.1. The fraction of sp³-hybridized carbons (Fsp3) is 0.278. The number of hydrogen-bond acceptors (Lipinski definition) is 3. The van der Waals surface area contributed by atoms with Crippen molar-refractivity contribution in [3.05, 3.63) is 53.6 Å². The molecule has 25 heavy (non-hydrogen) atoms. The van der Waals surface area contributed by atoms with Crippen LogP contribution in [0.3, 0.4) is 0 Å². The Morgan fingerprint density at radius 2 is 1.88 bits per heavy atom. The molecule has 2 N–H and O–H groups in total. The van der Waals surface area contributed by atoms with E-state index in [1.807, 2.05) is 32.0 Å². The van der Waals surface area contributed by atoms with Gasteiger partial charge in [-0.1, -0.05) is 6.07 Å². The summed E-state index contributed by atoms with van der Waals surface area (Å²) >= 11 is 5.13. The minimum Gasteiger partial charge on any atom is -0.493 e. The average molecular weight is 366 g/mol. The number of rotatable bonds is 6. The second kappa shape index (κ2) is 8.62. The summed E-state index contributed by atoms with van der Waals surface area (Å²) in [7, 11) is 1.57. The quantitative estimate of drug-likeness (QED) is 0.749. The maximum absolute atomic E-state index is 13.6. The van der Waals surface area contributed by atoms with Gasteiger partial charge in [0.1, 0.15) is 11.6 Å². The Morgan fingerprint density at radius 1 is 1.12 bits per heavy atom. The molecule has 2 aromatic carbocycles. The van der Waals surface area contributed by atoms with E-state index in [0.29, 0.717) is 18.0 Å². The number of hydrogen-bond donors (Lipinski definition) is 2. The minimum absolute atomic E-state index is 0.0419. The first kappa shape index (κ1) is 18.9. The maximum atomic E-state index is 13.6. The predicted molar refractivity (Wildman–Crippen MR) is 98.2 cm³/mol. The monoisotopic (exact) mass is 366 g/mol. The number of methoxy groups -OCH3 is 1. The van der Waals surface area contributed by atoms with Crippen molar-refractivity contribution in [1.29, 1.82) is 0 Å². The van der Waals surface area contributed by atoms with Gasteiger partial charge in [0.15, 0.2) is 16.6 Å². The normalized spacial score (nSPS) is 10.5. The second-order valence-corrected chi connectivity index (χ2v) is 5.99. The number of anilines is 1. The molecule has 0 fully saturated rings. The molecule has 2 rings (SSSR count). The third-order valence-electron chi connectivity index (χ3n) is 3.22. The van der Waals surface area contributed by atoms with Crippen molar-refractivity contribution in [2.24, 2.45) is 0 Å². The van der Waals surface area contributed by atoms with Gasteiger partial charge < -0.3 is 20.1 Å². The predicted octanol–water partition coefficient (Wildman–Crippen LogP) is 4.25. The molecule has 0 aliphatic carbocycles. The van der Waals surface area contributed by atoms with E-state index >= 15 is 0 Å². The third kappa shape index (κ3) is 5.56. The van der Waals surface area contributed by atoms with Crippen molar-refractivity contribution in [3.8, 4) is 11.5 Å². The fourth-order valence-electron chi connectivity index (χ4n) is 2.11. The van der Waals surface area contributed by atoms with Crippen LogP contribution in [-0.4, -0.2) is 18.3 Å². The molecule has 0 aromatic heterocycles. The van der Waals surface area contributed by atoms with Gasteiger partial charge in [0, 0.05) is 12.6 Å². The molecule has 0 radical (unpaired) electrons. The number of nitrogens with one attached hydrogen (secondary N) is 2. The standard InChI is InChI=1S/C18H20F2N2O2S/c1-11(2)24-16-7-4-12(8-17(16)23-3)10-21-18(25)22-15-6-5-13(19)9-14(15)20/h4-9,11H,10H2,1-3H3,(H2,21,22,25). The molecule has 134 valence electrons. The highest BCUT2D eigenvalue weighted by molar-refractivity contribution is 7.80. The highest BCUT2D eigenvalue weighted by Gasteiger charge is 2.09. The highest BCUT2D eigenvalue weighted by Crippen LogP contribution is 2.29. The van der Waals surface area contributed by atoms with Crippen LogP contribution in [0.2, 0.25) is 0 Å². The first-order valence-electron chi connectivity index (χ1n) is 7.72. The van der Waals surface area contributed by atoms with Crippen molar-refractivity contribution in [2.75, 3.05) is 12.4 Å². The van der Waals surface area contributed by atoms with Crippen LogP contribution in [0.5, 0.6) is 11.5 Å². The average Bonchev–Trinajstić information content (AvgIpc) is 2.56. The van der Waals surface area contributed by atoms with Crippen LogP contribution in [0.4, 0.5) is 14.5 Å². The lowest BCUT2D eigenvalue weighted by Gasteiger charge is -2.15. The SMILES string of the molecule is COc1cc(CNC(=S)Nc2ccc(F)cc2F)ccc1OC(C)C. The summed E-state index contributed by atoms with van der Waals surface area (Å²) < 4.78 is 37.5. The third-order valence-corrected chi connectivity index (χ3v) is 3.47. The Hall–Kier alpha value is -2.41. The van der Waals surface area contributed by atoms with E-state index in [9.17, 15) is 8.78 Å². The van der Waals surface area contributed by atoms with Crippen molar-refractivity contribution >= 4 is 23.0 Å². The van der Waals surface area contributed by atoms with Crippen LogP contribution in [0.15, 0.2) is 36.4 Å². The second-order valence-electron chi connectivity index (χ2n) is 5.58. The molecular weight excluding hydrogens is 346 g/mol. The number of benzene rings is 2. The van der Waals surface area contributed by atoms with Crippen molar-refractivity contribution < 1.29 is 18.3 Å². The zero-order valence-corrected chi connectivity index (χ0v) is 15.0. The molecule has 7 heteroatoms. The van der Waals surface area contributed by atoms with E-state index in [4.69, 9.17) is 21.7 Å². The van der Waals surface area contributed by atoms with Crippen LogP contribution in [-0.2, 0) is 6.54 Å². The Labute approximate surface area is 151 Å². The molecule has 0 saturated heterocycles. The first-order valence-corrected chi connectivity index (χ1v) is 8.13. The molecule has 0 aliphatic heterocycles. The molecule has 0 unspecified atom stereocenters. The fourth-order valence-corrected chi connectivity index (χ4v) is 2.30. The van der Waals surface area contributed by atoms with Crippen molar-refractivity contribution in [2.45, 2.75) is 26.5 Å². The van der Waals surface area contributed by atoms with E-state index in [2.05, 4.69) is 10.6 Å². The lowest BCUT2D eigenvalue weighted by atomic mass is 10.2. The Bertz CT molecular complexity index is 754. The maximum Gasteiger partial charge on any atom is 0.171 e. The number of ether oxygens (including phenoxy) is 2. The Morgan fingerprint density at radius 3 is 2.52 bits per heavy atom. The van der Waals surface area contributed by atoms with Gasteiger partial charge in [-0.15, -0.1) is 0 Å². The van der Waals surface area contributed by atoms with Gasteiger partial charge in [-0.3, -0.25) is 0 Å². The summed E-state index contributed by atoms with van der Waals surface area (Å²) in [6.45, 7) is 4.29. The summed E-state index contributed by atoms with van der Waals surface area (Å²) in [5, 5.41) is 5.89. The number of halogens is 2. The summed E-state index contributed by atoms with van der Waals surface area (Å²) in [4.78, 5) is 0. The van der Waals surface area contributed by atoms with Gasteiger partial charge in [0.2, 0.25) is 0 Å². The smallest absolute Gasteiger partial charge is 0.171 e. The number of thiocarbonyl (C=S) groups is 1. The molecule has 4 nitrogen and oxygen atoms in total. The minimum atomic E-state index is -0.707. The molecular formula is C18H20F2N2O2S. The van der Waals surface area contributed by atoms with Gasteiger partial charge in [-0.2, -0.15) is 0 Å². The van der Waals surface area contributed by atoms with Crippen LogP contribution in [0.25, 0.3) is 0 Å². The van der Waals surface area contributed by atoms with E-state index in [-0.39, 0.29) is 16.9 Å². The molecule has 2 aromatic rings. The van der Waals surface area contributed by atoms with E-state index < -0.39 is 11.6 Å². The van der Waals surface area contributed by atoms with E-state index in [1.54, 1.807) is 7.11 Å². The molecule has 0 heterocycles. The van der Waals surface area contributed by atoms with E-state index in [1.165, 1.54) is 6.07 Å². The molecule has 0 saturated carbocycles. The topological polar surface area (TPSA) is 42.5 Å². The largest absolute Gasteiger partial charge is 0.493 e. The van der Waals surface area contributed by atoms with Crippen LogP contribution in [0, 0.1) is 11.6 Å². The van der Waals surface area contributed by atoms with Crippen molar-refractivity contribution in [3.63, 3.8) is 0 Å². The van der Waals surface area contributed by atoms with Gasteiger partial charge in [0.25, 0.3) is 0 Å². The zero-order valence-electron chi connectivity index (χ0n) is 14.2. The van der Waals surface area contributed by atoms with Gasteiger partial charge in [-0.05, 0) is 55.9 Å². The van der Waals surface area contributed by atoms with Crippen LogP contribution < -0.4 is 20.1 Å². The molecule has 0 bridgehead atoms. The Balaban J connectivity index is 1.97. The molecule has 0 amide bonds. The van der Waals surface area contributed by atoms with Crippen LogP contribution >= 0.6 is 12.2 Å². The zero-order chi connectivity index (χ0) is 18.4. The lowest BCUT2D eigenvalue weighted by Crippen LogP contribution is -2.28.